The number of carboxylic acid groups (broad SMARTS) is 1. The average molecular weight is 401 g/mol. The summed E-state index contributed by atoms with van der Waals surface area (Å²) in [5.41, 5.74) is 7.41. The first-order valence-electron chi connectivity index (χ1n) is 9.38. The van der Waals surface area contributed by atoms with Crippen molar-refractivity contribution >= 4 is 17.8 Å². The van der Waals surface area contributed by atoms with Crippen LogP contribution < -0.4 is 16.4 Å². The monoisotopic (exact) mass is 401 g/mol. The fourth-order valence-corrected chi connectivity index (χ4v) is 2.83. The Labute approximate surface area is 169 Å². The predicted molar refractivity (Wildman–Crippen MR) is 107 cm³/mol. The molecule has 2 rings (SSSR count). The Kier molecular flexibility index (Phi) is 7.90. The summed E-state index contributed by atoms with van der Waals surface area (Å²) in [6, 6.07) is 6.12. The molecule has 0 saturated carbocycles. The summed E-state index contributed by atoms with van der Waals surface area (Å²) in [6.45, 7) is 3.52. The lowest BCUT2D eigenvalue weighted by molar-refractivity contribution is -0.142. The van der Waals surface area contributed by atoms with E-state index < -0.39 is 35.9 Å². The molecule has 2 amide bonds. The van der Waals surface area contributed by atoms with E-state index in [4.69, 9.17) is 5.73 Å². The SMILES string of the molecule is CC(C)[C@H](NC(=O)[C@@H](N)Cc1cnc[nH]1)C(=O)N[C@@H](Cc1ccccc1)C(=O)O. The summed E-state index contributed by atoms with van der Waals surface area (Å²) in [5.74, 6) is -2.47. The van der Waals surface area contributed by atoms with Gasteiger partial charge < -0.3 is 26.5 Å². The zero-order valence-corrected chi connectivity index (χ0v) is 16.5. The first-order chi connectivity index (χ1) is 13.8. The molecule has 29 heavy (non-hydrogen) atoms. The molecule has 0 aliphatic heterocycles. The van der Waals surface area contributed by atoms with Gasteiger partial charge in [0.05, 0.1) is 12.4 Å². The lowest BCUT2D eigenvalue weighted by Crippen LogP contribution is -2.56. The van der Waals surface area contributed by atoms with Gasteiger partial charge in [-0.05, 0) is 11.5 Å². The predicted octanol–water partition coefficient (Wildman–Crippen LogP) is 0.232. The van der Waals surface area contributed by atoms with Crippen molar-refractivity contribution < 1.29 is 19.5 Å². The Balaban J connectivity index is 2.01. The Hall–Kier alpha value is -3.20. The highest BCUT2D eigenvalue weighted by Crippen LogP contribution is 2.07. The molecule has 156 valence electrons. The van der Waals surface area contributed by atoms with Crippen molar-refractivity contribution in [3.8, 4) is 0 Å². The number of rotatable bonds is 10. The number of amides is 2. The van der Waals surface area contributed by atoms with E-state index in [9.17, 15) is 19.5 Å². The van der Waals surface area contributed by atoms with Crippen molar-refractivity contribution in [2.24, 2.45) is 11.7 Å². The fraction of sp³-hybridized carbons (Fsp3) is 0.400. The van der Waals surface area contributed by atoms with Gasteiger partial charge in [-0.3, -0.25) is 9.59 Å². The van der Waals surface area contributed by atoms with E-state index in [1.54, 1.807) is 44.3 Å². The van der Waals surface area contributed by atoms with Gasteiger partial charge in [-0.1, -0.05) is 44.2 Å². The van der Waals surface area contributed by atoms with Gasteiger partial charge in [-0.15, -0.1) is 0 Å². The lowest BCUT2D eigenvalue weighted by atomic mass is 10.0. The molecule has 0 saturated heterocycles. The van der Waals surface area contributed by atoms with Crippen LogP contribution in [0.1, 0.15) is 25.1 Å². The van der Waals surface area contributed by atoms with Gasteiger partial charge in [0.2, 0.25) is 11.8 Å². The molecule has 0 bridgehead atoms. The minimum atomic E-state index is -1.15. The van der Waals surface area contributed by atoms with Crippen molar-refractivity contribution in [1.82, 2.24) is 20.6 Å². The van der Waals surface area contributed by atoms with Gasteiger partial charge in [0.25, 0.3) is 0 Å². The fourth-order valence-electron chi connectivity index (χ4n) is 2.83. The standard InChI is InChI=1S/C20H27N5O4/c1-12(2)17(25-18(26)15(21)9-14-10-22-11-23-14)19(27)24-16(20(28)29)8-13-6-4-3-5-7-13/h3-7,10-12,15-17H,8-9,21H2,1-2H3,(H,22,23)(H,24,27)(H,25,26)(H,28,29)/t15-,16-,17-/m0/s1. The number of H-pyrrole nitrogens is 1. The molecular formula is C20H27N5O4. The Morgan fingerprint density at radius 3 is 2.34 bits per heavy atom. The van der Waals surface area contributed by atoms with E-state index in [1.807, 2.05) is 6.07 Å². The summed E-state index contributed by atoms with van der Waals surface area (Å²) in [5, 5.41) is 14.6. The summed E-state index contributed by atoms with van der Waals surface area (Å²) < 4.78 is 0. The molecule has 0 unspecified atom stereocenters. The third kappa shape index (κ3) is 6.72. The molecule has 0 aliphatic rings. The number of carboxylic acids is 1. The number of imidazole rings is 1. The van der Waals surface area contributed by atoms with Crippen LogP contribution >= 0.6 is 0 Å². The normalized spacial score (nSPS) is 14.1. The minimum Gasteiger partial charge on any atom is -0.480 e. The van der Waals surface area contributed by atoms with E-state index in [0.717, 1.165) is 5.56 Å². The molecule has 1 aromatic carbocycles. The number of nitrogens with two attached hydrogens (primary N) is 1. The van der Waals surface area contributed by atoms with Crippen molar-refractivity contribution in [2.75, 3.05) is 0 Å². The van der Waals surface area contributed by atoms with Crippen LogP contribution in [0.25, 0.3) is 0 Å². The van der Waals surface area contributed by atoms with Crippen LogP contribution in [0.15, 0.2) is 42.9 Å². The number of carbonyl (C=O) groups is 3. The van der Waals surface area contributed by atoms with Gasteiger partial charge in [0.1, 0.15) is 12.1 Å². The molecule has 0 radical (unpaired) electrons. The summed E-state index contributed by atoms with van der Waals surface area (Å²) in [7, 11) is 0. The maximum Gasteiger partial charge on any atom is 0.326 e. The Morgan fingerprint density at radius 1 is 1.10 bits per heavy atom. The molecule has 6 N–H and O–H groups in total. The van der Waals surface area contributed by atoms with Crippen LogP contribution in [0.5, 0.6) is 0 Å². The quantitative estimate of drug-likeness (QED) is 0.385. The molecule has 1 aromatic heterocycles. The van der Waals surface area contributed by atoms with Crippen molar-refractivity contribution in [3.63, 3.8) is 0 Å². The van der Waals surface area contributed by atoms with Crippen molar-refractivity contribution in [2.45, 2.75) is 44.8 Å². The van der Waals surface area contributed by atoms with E-state index in [-0.39, 0.29) is 18.8 Å². The molecule has 0 spiro atoms. The number of hydrogen-bond acceptors (Lipinski definition) is 5. The number of nitrogens with zero attached hydrogens (tertiary/aromatic N) is 1. The second-order valence-electron chi connectivity index (χ2n) is 7.21. The third-order valence-electron chi connectivity index (χ3n) is 4.48. The van der Waals surface area contributed by atoms with E-state index in [2.05, 4.69) is 20.6 Å². The Bertz CT molecular complexity index is 808. The zero-order valence-electron chi connectivity index (χ0n) is 16.5. The van der Waals surface area contributed by atoms with Gasteiger partial charge in [-0.2, -0.15) is 0 Å². The van der Waals surface area contributed by atoms with Crippen LogP contribution in [-0.4, -0.2) is 51.0 Å². The number of hydrogen-bond donors (Lipinski definition) is 5. The second-order valence-corrected chi connectivity index (χ2v) is 7.21. The first kappa shape index (κ1) is 22.1. The molecule has 2 aromatic rings. The maximum atomic E-state index is 12.7. The maximum absolute atomic E-state index is 12.7. The van der Waals surface area contributed by atoms with Crippen LogP contribution in [0.4, 0.5) is 0 Å². The van der Waals surface area contributed by atoms with Gasteiger partial charge in [0, 0.05) is 24.7 Å². The van der Waals surface area contributed by atoms with Crippen LogP contribution in [-0.2, 0) is 27.2 Å². The smallest absolute Gasteiger partial charge is 0.326 e. The largest absolute Gasteiger partial charge is 0.480 e. The number of nitrogens with one attached hydrogen (secondary N) is 3. The lowest BCUT2D eigenvalue weighted by Gasteiger charge is -2.25. The molecule has 3 atom stereocenters. The van der Waals surface area contributed by atoms with Gasteiger partial charge in [0.15, 0.2) is 0 Å². The molecule has 1 heterocycles. The van der Waals surface area contributed by atoms with Crippen LogP contribution in [0.2, 0.25) is 0 Å². The molecule has 0 aliphatic carbocycles. The minimum absolute atomic E-state index is 0.139. The van der Waals surface area contributed by atoms with E-state index in [1.165, 1.54) is 6.33 Å². The van der Waals surface area contributed by atoms with Crippen LogP contribution in [0.3, 0.4) is 0 Å². The highest BCUT2D eigenvalue weighted by Gasteiger charge is 2.30. The number of carbonyl (C=O) groups excluding carboxylic acids is 2. The van der Waals surface area contributed by atoms with Gasteiger partial charge >= 0.3 is 5.97 Å². The van der Waals surface area contributed by atoms with Gasteiger partial charge in [-0.25, -0.2) is 9.78 Å². The highest BCUT2D eigenvalue weighted by atomic mass is 16.4. The molecule has 9 nitrogen and oxygen atoms in total. The van der Waals surface area contributed by atoms with Crippen molar-refractivity contribution in [1.29, 1.82) is 0 Å². The topological polar surface area (TPSA) is 150 Å². The summed E-state index contributed by atoms with van der Waals surface area (Å²) >= 11 is 0. The first-order valence-corrected chi connectivity index (χ1v) is 9.38. The molecular weight excluding hydrogens is 374 g/mol. The highest BCUT2D eigenvalue weighted by molar-refractivity contribution is 5.92. The molecule has 0 fully saturated rings. The number of benzene rings is 1. The Morgan fingerprint density at radius 2 is 1.79 bits per heavy atom. The van der Waals surface area contributed by atoms with E-state index in [0.29, 0.717) is 5.69 Å². The zero-order chi connectivity index (χ0) is 21.4. The average Bonchev–Trinajstić information content (AvgIpc) is 3.18. The summed E-state index contributed by atoms with van der Waals surface area (Å²) in [4.78, 5) is 43.5. The molecule has 9 heteroatoms. The number of aromatic amines is 1. The van der Waals surface area contributed by atoms with Crippen LogP contribution in [0, 0.1) is 5.92 Å². The number of aromatic nitrogens is 2. The van der Waals surface area contributed by atoms with E-state index >= 15 is 0 Å². The third-order valence-corrected chi connectivity index (χ3v) is 4.48. The second kappa shape index (κ2) is 10.4. The number of aliphatic carboxylic acids is 1. The summed E-state index contributed by atoms with van der Waals surface area (Å²) in [6.07, 6.45) is 3.44. The van der Waals surface area contributed by atoms with Crippen molar-refractivity contribution in [3.05, 3.63) is 54.1 Å².